The van der Waals surface area contributed by atoms with Crippen molar-refractivity contribution in [3.63, 3.8) is 0 Å². The highest BCUT2D eigenvalue weighted by Crippen LogP contribution is 2.23. The normalized spacial score (nSPS) is 27.1. The number of aliphatic imine (C=N–C) groups is 1. The van der Waals surface area contributed by atoms with Gasteiger partial charge in [0, 0.05) is 24.7 Å². The first kappa shape index (κ1) is 15.0. The zero-order valence-corrected chi connectivity index (χ0v) is 12.2. The summed E-state index contributed by atoms with van der Waals surface area (Å²) in [5.74, 6) is 0.480. The van der Waals surface area contributed by atoms with Crippen molar-refractivity contribution in [1.82, 2.24) is 5.32 Å². The topological polar surface area (TPSA) is 50.7 Å². The van der Waals surface area contributed by atoms with Gasteiger partial charge >= 0.3 is 6.09 Å². The molecule has 0 aromatic carbocycles. The maximum atomic E-state index is 11.8. The lowest BCUT2D eigenvalue weighted by atomic mass is 9.84. The molecule has 104 valence electrons. The van der Waals surface area contributed by atoms with Crippen LogP contribution in [0.25, 0.3) is 0 Å². The summed E-state index contributed by atoms with van der Waals surface area (Å²) in [6, 6.07) is 0.152. The Labute approximate surface area is 110 Å². The second-order valence-electron chi connectivity index (χ2n) is 6.01. The number of amides is 1. The summed E-state index contributed by atoms with van der Waals surface area (Å²) in [7, 11) is 0. The van der Waals surface area contributed by atoms with Crippen LogP contribution in [0.2, 0.25) is 0 Å². The molecule has 0 aromatic rings. The molecule has 1 saturated carbocycles. The molecule has 18 heavy (non-hydrogen) atoms. The third kappa shape index (κ3) is 5.07. The van der Waals surface area contributed by atoms with Gasteiger partial charge in [-0.2, -0.15) is 0 Å². The first-order chi connectivity index (χ1) is 8.31. The van der Waals surface area contributed by atoms with E-state index in [1.807, 2.05) is 27.7 Å². The molecule has 1 N–H and O–H groups in total. The Hall–Kier alpha value is -1.06. The highest BCUT2D eigenvalue weighted by molar-refractivity contribution is 5.86. The van der Waals surface area contributed by atoms with E-state index in [1.54, 1.807) is 0 Å². The molecule has 0 heterocycles. The van der Waals surface area contributed by atoms with Gasteiger partial charge in [0.2, 0.25) is 0 Å². The summed E-state index contributed by atoms with van der Waals surface area (Å²) < 4.78 is 5.29. The predicted octanol–water partition coefficient (Wildman–Crippen LogP) is 3.16. The standard InChI is InChI=1S/C14H26N2O2/c1-6-15-11-8-7-10(2)12(9-11)16-13(17)18-14(3,4)5/h10,12H,6-9H2,1-5H3,(H,16,17)/b15-11+/t10-,12+/m0/s1. The molecule has 1 fully saturated rings. The Balaban J connectivity index is 2.53. The minimum absolute atomic E-state index is 0.152. The van der Waals surface area contributed by atoms with Gasteiger partial charge in [-0.05, 0) is 46.5 Å². The Morgan fingerprint density at radius 3 is 2.72 bits per heavy atom. The van der Waals surface area contributed by atoms with Crippen LogP contribution in [0.1, 0.15) is 53.9 Å². The number of carbonyl (C=O) groups excluding carboxylic acids is 1. The van der Waals surface area contributed by atoms with Crippen LogP contribution in [-0.4, -0.2) is 30.0 Å². The van der Waals surface area contributed by atoms with E-state index in [2.05, 4.69) is 17.2 Å². The summed E-state index contributed by atoms with van der Waals surface area (Å²) in [6.07, 6.45) is 2.67. The first-order valence-electron chi connectivity index (χ1n) is 6.83. The van der Waals surface area contributed by atoms with Gasteiger partial charge in [0.05, 0.1) is 0 Å². The van der Waals surface area contributed by atoms with Gasteiger partial charge in [-0.25, -0.2) is 4.79 Å². The highest BCUT2D eigenvalue weighted by atomic mass is 16.6. The lowest BCUT2D eigenvalue weighted by Gasteiger charge is -2.31. The van der Waals surface area contributed by atoms with Crippen molar-refractivity contribution < 1.29 is 9.53 Å². The van der Waals surface area contributed by atoms with E-state index in [0.717, 1.165) is 25.8 Å². The SMILES string of the molecule is CC/N=C1\CC[C@H](C)[C@H](NC(=O)OC(C)(C)C)C1. The van der Waals surface area contributed by atoms with Crippen LogP contribution in [0.15, 0.2) is 4.99 Å². The number of alkyl carbamates (subject to hydrolysis) is 1. The molecule has 4 heteroatoms. The molecule has 1 aliphatic carbocycles. The van der Waals surface area contributed by atoms with Gasteiger partial charge in [-0.3, -0.25) is 4.99 Å². The maximum absolute atomic E-state index is 11.8. The number of nitrogens with zero attached hydrogens (tertiary/aromatic N) is 1. The van der Waals surface area contributed by atoms with E-state index in [-0.39, 0.29) is 12.1 Å². The van der Waals surface area contributed by atoms with Crippen LogP contribution < -0.4 is 5.32 Å². The van der Waals surface area contributed by atoms with E-state index in [4.69, 9.17) is 4.74 Å². The largest absolute Gasteiger partial charge is 0.444 e. The Morgan fingerprint density at radius 2 is 2.17 bits per heavy atom. The van der Waals surface area contributed by atoms with Gasteiger partial charge in [0.25, 0.3) is 0 Å². The summed E-state index contributed by atoms with van der Waals surface area (Å²) in [4.78, 5) is 16.2. The summed E-state index contributed by atoms with van der Waals surface area (Å²) in [6.45, 7) is 10.7. The summed E-state index contributed by atoms with van der Waals surface area (Å²) in [5, 5.41) is 2.97. The number of rotatable bonds is 2. The molecule has 0 saturated heterocycles. The monoisotopic (exact) mass is 254 g/mol. The van der Waals surface area contributed by atoms with Crippen molar-refractivity contribution in [1.29, 1.82) is 0 Å². The molecule has 0 aliphatic heterocycles. The van der Waals surface area contributed by atoms with Crippen molar-refractivity contribution in [3.05, 3.63) is 0 Å². The van der Waals surface area contributed by atoms with Crippen molar-refractivity contribution >= 4 is 11.8 Å². The molecule has 0 spiro atoms. The van der Waals surface area contributed by atoms with Gasteiger partial charge < -0.3 is 10.1 Å². The van der Waals surface area contributed by atoms with E-state index in [0.29, 0.717) is 5.92 Å². The van der Waals surface area contributed by atoms with Crippen LogP contribution in [0.4, 0.5) is 4.79 Å². The van der Waals surface area contributed by atoms with Crippen LogP contribution in [0, 0.1) is 5.92 Å². The number of carbonyl (C=O) groups is 1. The molecule has 2 atom stereocenters. The van der Waals surface area contributed by atoms with E-state index < -0.39 is 5.60 Å². The van der Waals surface area contributed by atoms with E-state index >= 15 is 0 Å². The highest BCUT2D eigenvalue weighted by Gasteiger charge is 2.27. The molecule has 1 rings (SSSR count). The fourth-order valence-electron chi connectivity index (χ4n) is 2.17. The van der Waals surface area contributed by atoms with Crippen LogP contribution in [0.3, 0.4) is 0 Å². The summed E-state index contributed by atoms with van der Waals surface area (Å²) >= 11 is 0. The smallest absolute Gasteiger partial charge is 0.407 e. The molecule has 0 unspecified atom stereocenters. The third-order valence-corrected chi connectivity index (χ3v) is 3.11. The van der Waals surface area contributed by atoms with Crippen molar-refractivity contribution in [2.45, 2.75) is 65.5 Å². The number of hydrogen-bond acceptors (Lipinski definition) is 3. The number of ether oxygens (including phenoxy) is 1. The van der Waals surface area contributed by atoms with Gasteiger partial charge in [0.1, 0.15) is 5.60 Å². The molecular weight excluding hydrogens is 228 g/mol. The molecule has 1 amide bonds. The van der Waals surface area contributed by atoms with Crippen LogP contribution in [0.5, 0.6) is 0 Å². The molecule has 0 radical (unpaired) electrons. The Morgan fingerprint density at radius 1 is 1.50 bits per heavy atom. The molecule has 0 aromatic heterocycles. The molecular formula is C14H26N2O2. The molecule has 0 bridgehead atoms. The molecule has 4 nitrogen and oxygen atoms in total. The average Bonchev–Trinajstić information content (AvgIpc) is 2.20. The Bertz CT molecular complexity index is 318. The van der Waals surface area contributed by atoms with Crippen molar-refractivity contribution in [2.75, 3.05) is 6.54 Å². The van der Waals surface area contributed by atoms with E-state index in [9.17, 15) is 4.79 Å². The average molecular weight is 254 g/mol. The van der Waals surface area contributed by atoms with Gasteiger partial charge in [-0.1, -0.05) is 6.92 Å². The zero-order chi connectivity index (χ0) is 13.8. The van der Waals surface area contributed by atoms with Crippen LogP contribution >= 0.6 is 0 Å². The fourth-order valence-corrected chi connectivity index (χ4v) is 2.17. The number of hydrogen-bond donors (Lipinski definition) is 1. The van der Waals surface area contributed by atoms with Gasteiger partial charge in [0.15, 0.2) is 0 Å². The predicted molar refractivity (Wildman–Crippen MR) is 74.1 cm³/mol. The maximum Gasteiger partial charge on any atom is 0.407 e. The minimum Gasteiger partial charge on any atom is -0.444 e. The fraction of sp³-hybridized carbons (Fsp3) is 0.857. The van der Waals surface area contributed by atoms with Crippen molar-refractivity contribution in [2.24, 2.45) is 10.9 Å². The zero-order valence-electron chi connectivity index (χ0n) is 12.2. The van der Waals surface area contributed by atoms with Crippen molar-refractivity contribution in [3.8, 4) is 0 Å². The number of nitrogens with one attached hydrogen (secondary N) is 1. The summed E-state index contributed by atoms with van der Waals surface area (Å²) in [5.41, 5.74) is 0.777. The van der Waals surface area contributed by atoms with Gasteiger partial charge in [-0.15, -0.1) is 0 Å². The lowest BCUT2D eigenvalue weighted by Crippen LogP contribution is -2.45. The van der Waals surface area contributed by atoms with E-state index in [1.165, 1.54) is 5.71 Å². The second kappa shape index (κ2) is 6.21. The first-order valence-corrected chi connectivity index (χ1v) is 6.83. The third-order valence-electron chi connectivity index (χ3n) is 3.11. The minimum atomic E-state index is -0.442. The quantitative estimate of drug-likeness (QED) is 0.823. The molecule has 1 aliphatic rings. The van der Waals surface area contributed by atoms with Crippen LogP contribution in [-0.2, 0) is 4.74 Å². The Kier molecular flexibility index (Phi) is 5.17. The second-order valence-corrected chi connectivity index (χ2v) is 6.01. The lowest BCUT2D eigenvalue weighted by molar-refractivity contribution is 0.0486.